The normalized spacial score (nSPS) is 22.3. The summed E-state index contributed by atoms with van der Waals surface area (Å²) in [5.41, 5.74) is 7.95. The highest BCUT2D eigenvalue weighted by Gasteiger charge is 2.28. The smallest absolute Gasteiger partial charge is 0.222 e. The lowest BCUT2D eigenvalue weighted by atomic mass is 9.92. The first-order chi connectivity index (χ1) is 10.1. The van der Waals surface area contributed by atoms with Crippen LogP contribution in [0.2, 0.25) is 0 Å². The summed E-state index contributed by atoms with van der Waals surface area (Å²) in [7, 11) is 0. The third-order valence-corrected chi connectivity index (χ3v) is 4.31. The van der Waals surface area contributed by atoms with Crippen LogP contribution in [0.3, 0.4) is 0 Å². The number of hydrogen-bond acceptors (Lipinski definition) is 3. The Hall–Kier alpha value is -1.55. The van der Waals surface area contributed by atoms with Crippen LogP contribution < -0.4 is 16.0 Å². The number of carbonyl (C=O) groups is 1. The summed E-state index contributed by atoms with van der Waals surface area (Å²) in [6.45, 7) is 7.08. The van der Waals surface area contributed by atoms with Crippen molar-refractivity contribution in [3.8, 4) is 0 Å². The molecule has 0 bridgehead atoms. The molecule has 0 saturated carbocycles. The van der Waals surface area contributed by atoms with Gasteiger partial charge in [-0.3, -0.25) is 4.79 Å². The lowest BCUT2D eigenvalue weighted by molar-refractivity contribution is -0.122. The van der Waals surface area contributed by atoms with Crippen LogP contribution in [0.25, 0.3) is 0 Å². The number of anilines is 1. The SMILES string of the molecule is CCCNCc1ccc(N2CC(C(N)=O)CCC2C)cc1. The van der Waals surface area contributed by atoms with Gasteiger partial charge in [0, 0.05) is 24.8 Å². The van der Waals surface area contributed by atoms with Crippen molar-refractivity contribution in [1.29, 1.82) is 0 Å². The highest BCUT2D eigenvalue weighted by atomic mass is 16.1. The summed E-state index contributed by atoms with van der Waals surface area (Å²) < 4.78 is 0. The zero-order chi connectivity index (χ0) is 15.2. The fraction of sp³-hybridized carbons (Fsp3) is 0.588. The van der Waals surface area contributed by atoms with E-state index in [9.17, 15) is 4.79 Å². The molecule has 1 saturated heterocycles. The number of piperidine rings is 1. The zero-order valence-electron chi connectivity index (χ0n) is 13.1. The molecule has 4 heteroatoms. The van der Waals surface area contributed by atoms with Gasteiger partial charge >= 0.3 is 0 Å². The van der Waals surface area contributed by atoms with Gasteiger partial charge in [-0.05, 0) is 50.4 Å². The van der Waals surface area contributed by atoms with E-state index in [4.69, 9.17) is 5.73 Å². The fourth-order valence-corrected chi connectivity index (χ4v) is 2.91. The number of amides is 1. The van der Waals surface area contributed by atoms with Gasteiger partial charge in [-0.15, -0.1) is 0 Å². The average molecular weight is 289 g/mol. The second kappa shape index (κ2) is 7.46. The van der Waals surface area contributed by atoms with E-state index in [-0.39, 0.29) is 11.8 Å². The van der Waals surface area contributed by atoms with Crippen molar-refractivity contribution < 1.29 is 4.79 Å². The van der Waals surface area contributed by atoms with E-state index in [2.05, 4.69) is 48.3 Å². The molecule has 2 atom stereocenters. The summed E-state index contributed by atoms with van der Waals surface area (Å²) in [5, 5.41) is 3.41. The van der Waals surface area contributed by atoms with Crippen molar-refractivity contribution in [2.45, 2.75) is 45.7 Å². The van der Waals surface area contributed by atoms with Crippen molar-refractivity contribution in [3.63, 3.8) is 0 Å². The highest BCUT2D eigenvalue weighted by molar-refractivity contribution is 5.77. The molecule has 4 nitrogen and oxygen atoms in total. The Morgan fingerprint density at radius 1 is 1.33 bits per heavy atom. The Morgan fingerprint density at radius 3 is 2.67 bits per heavy atom. The van der Waals surface area contributed by atoms with Gasteiger partial charge in [0.2, 0.25) is 5.91 Å². The summed E-state index contributed by atoms with van der Waals surface area (Å²) in [5.74, 6) is -0.195. The van der Waals surface area contributed by atoms with Crippen molar-refractivity contribution >= 4 is 11.6 Å². The Kier molecular flexibility index (Phi) is 5.62. The largest absolute Gasteiger partial charge is 0.369 e. The van der Waals surface area contributed by atoms with E-state index in [1.807, 2.05) is 0 Å². The summed E-state index contributed by atoms with van der Waals surface area (Å²) in [4.78, 5) is 13.7. The van der Waals surface area contributed by atoms with Gasteiger partial charge < -0.3 is 16.0 Å². The molecule has 1 aliphatic rings. The number of carbonyl (C=O) groups excluding carboxylic acids is 1. The first kappa shape index (κ1) is 15.8. The quantitative estimate of drug-likeness (QED) is 0.790. The maximum atomic E-state index is 11.4. The molecule has 2 unspecified atom stereocenters. The molecule has 1 aromatic carbocycles. The molecule has 0 radical (unpaired) electrons. The van der Waals surface area contributed by atoms with Gasteiger partial charge in [0.15, 0.2) is 0 Å². The van der Waals surface area contributed by atoms with Crippen LogP contribution in [0, 0.1) is 5.92 Å². The molecule has 21 heavy (non-hydrogen) atoms. The molecule has 1 heterocycles. The summed E-state index contributed by atoms with van der Waals surface area (Å²) in [6.07, 6.45) is 3.08. The Morgan fingerprint density at radius 2 is 2.05 bits per heavy atom. The summed E-state index contributed by atoms with van der Waals surface area (Å²) in [6, 6.07) is 9.10. The molecule has 1 fully saturated rings. The Labute approximate surface area is 127 Å². The fourth-order valence-electron chi connectivity index (χ4n) is 2.91. The number of nitrogens with two attached hydrogens (primary N) is 1. The van der Waals surface area contributed by atoms with Gasteiger partial charge in [-0.25, -0.2) is 0 Å². The topological polar surface area (TPSA) is 58.4 Å². The molecule has 0 aliphatic carbocycles. The lowest BCUT2D eigenvalue weighted by Gasteiger charge is -2.38. The second-order valence-electron chi connectivity index (χ2n) is 6.02. The molecule has 116 valence electrons. The molecule has 1 aromatic rings. The molecule has 0 aromatic heterocycles. The average Bonchev–Trinajstić information content (AvgIpc) is 2.48. The lowest BCUT2D eigenvalue weighted by Crippen LogP contribution is -2.45. The summed E-state index contributed by atoms with van der Waals surface area (Å²) >= 11 is 0. The van der Waals surface area contributed by atoms with E-state index >= 15 is 0 Å². The van der Waals surface area contributed by atoms with Crippen molar-refractivity contribution in [2.75, 3.05) is 18.0 Å². The van der Waals surface area contributed by atoms with E-state index in [1.54, 1.807) is 0 Å². The minimum absolute atomic E-state index is 0.0212. The van der Waals surface area contributed by atoms with Gasteiger partial charge in [0.05, 0.1) is 5.92 Å². The predicted molar refractivity (Wildman–Crippen MR) is 87.2 cm³/mol. The molecule has 1 aliphatic heterocycles. The van der Waals surface area contributed by atoms with Crippen LogP contribution >= 0.6 is 0 Å². The van der Waals surface area contributed by atoms with Crippen LogP contribution in [0.4, 0.5) is 5.69 Å². The standard InChI is InChI=1S/C17H27N3O/c1-3-10-19-11-14-5-8-16(9-6-14)20-12-15(17(18)21)7-4-13(20)2/h5-6,8-9,13,15,19H,3-4,7,10-12H2,1-2H3,(H2,18,21). The number of rotatable bonds is 6. The van der Waals surface area contributed by atoms with E-state index in [0.29, 0.717) is 6.04 Å². The van der Waals surface area contributed by atoms with Crippen LogP contribution in [0.15, 0.2) is 24.3 Å². The number of benzene rings is 1. The third-order valence-electron chi connectivity index (χ3n) is 4.31. The maximum Gasteiger partial charge on any atom is 0.222 e. The predicted octanol–water partition coefficient (Wildman–Crippen LogP) is 2.28. The van der Waals surface area contributed by atoms with Crippen molar-refractivity contribution in [3.05, 3.63) is 29.8 Å². The Balaban J connectivity index is 2.01. The molecule has 2 rings (SSSR count). The molecule has 1 amide bonds. The van der Waals surface area contributed by atoms with E-state index < -0.39 is 0 Å². The van der Waals surface area contributed by atoms with Gasteiger partial charge in [0.1, 0.15) is 0 Å². The monoisotopic (exact) mass is 289 g/mol. The first-order valence-corrected chi connectivity index (χ1v) is 7.97. The first-order valence-electron chi connectivity index (χ1n) is 7.97. The highest BCUT2D eigenvalue weighted by Crippen LogP contribution is 2.27. The van der Waals surface area contributed by atoms with Gasteiger partial charge in [-0.2, -0.15) is 0 Å². The van der Waals surface area contributed by atoms with Crippen molar-refractivity contribution in [1.82, 2.24) is 5.32 Å². The minimum Gasteiger partial charge on any atom is -0.369 e. The molecule has 3 N–H and O–H groups in total. The minimum atomic E-state index is -0.174. The van der Waals surface area contributed by atoms with Gasteiger partial charge in [-0.1, -0.05) is 19.1 Å². The number of nitrogens with zero attached hydrogens (tertiary/aromatic N) is 1. The molecular weight excluding hydrogens is 262 g/mol. The zero-order valence-corrected chi connectivity index (χ0v) is 13.1. The van der Waals surface area contributed by atoms with Gasteiger partial charge in [0.25, 0.3) is 0 Å². The second-order valence-corrected chi connectivity index (χ2v) is 6.02. The molecule has 0 spiro atoms. The van der Waals surface area contributed by atoms with Crippen molar-refractivity contribution in [2.24, 2.45) is 11.7 Å². The number of nitrogens with one attached hydrogen (secondary N) is 1. The van der Waals surface area contributed by atoms with Crippen LogP contribution in [0.1, 0.15) is 38.7 Å². The van der Waals surface area contributed by atoms with E-state index in [0.717, 1.165) is 38.9 Å². The third kappa shape index (κ3) is 4.21. The van der Waals surface area contributed by atoms with Crippen LogP contribution in [0.5, 0.6) is 0 Å². The number of hydrogen-bond donors (Lipinski definition) is 2. The van der Waals surface area contributed by atoms with Crippen LogP contribution in [-0.4, -0.2) is 25.0 Å². The number of primary amides is 1. The van der Waals surface area contributed by atoms with Crippen LogP contribution in [-0.2, 0) is 11.3 Å². The maximum absolute atomic E-state index is 11.4. The Bertz CT molecular complexity index is 458. The van der Waals surface area contributed by atoms with E-state index in [1.165, 1.54) is 11.3 Å². The molecular formula is C17H27N3O.